The minimum Gasteiger partial charge on any atom is -0.497 e. The van der Waals surface area contributed by atoms with Crippen LogP contribution in [-0.2, 0) is 19.7 Å². The zero-order valence-electron chi connectivity index (χ0n) is 16.2. The summed E-state index contributed by atoms with van der Waals surface area (Å²) in [5.74, 6) is 2.01. The van der Waals surface area contributed by atoms with E-state index in [4.69, 9.17) is 14.2 Å². The van der Waals surface area contributed by atoms with Crippen LogP contribution in [0.3, 0.4) is 0 Å². The van der Waals surface area contributed by atoms with Crippen LogP contribution in [0.4, 0.5) is 4.39 Å². The van der Waals surface area contributed by atoms with E-state index in [1.807, 2.05) is 30.3 Å². The number of para-hydroxylation sites is 1. The summed E-state index contributed by atoms with van der Waals surface area (Å²) in [5.41, 5.74) is 3.17. The fourth-order valence-electron chi connectivity index (χ4n) is 2.94. The second-order valence-corrected chi connectivity index (χ2v) is 6.41. The molecule has 0 saturated heterocycles. The maximum atomic E-state index is 13.1. The highest BCUT2D eigenvalue weighted by molar-refractivity contribution is 5.46. The molecule has 0 aliphatic heterocycles. The van der Waals surface area contributed by atoms with Crippen LogP contribution in [-0.4, -0.2) is 14.2 Å². The molecule has 0 radical (unpaired) electrons. The van der Waals surface area contributed by atoms with E-state index < -0.39 is 0 Å². The lowest BCUT2D eigenvalue weighted by Gasteiger charge is -2.15. The van der Waals surface area contributed by atoms with Crippen molar-refractivity contribution in [2.45, 2.75) is 19.7 Å². The standard InChI is InChI=1S/C23H24FNO3/c1-26-21-12-8-17(9-13-21)14-25-15-19-4-3-5-22(27-2)23(19)28-16-18-6-10-20(24)11-7-18/h3-13,25H,14-16H2,1-2H3/p+1. The maximum absolute atomic E-state index is 13.1. The Hall–Kier alpha value is -3.05. The fraction of sp³-hybridized carbons (Fsp3) is 0.217. The molecule has 0 aliphatic rings. The first-order valence-electron chi connectivity index (χ1n) is 9.17. The van der Waals surface area contributed by atoms with E-state index in [-0.39, 0.29) is 5.82 Å². The summed E-state index contributed by atoms with van der Waals surface area (Å²) in [6, 6.07) is 20.2. The molecule has 28 heavy (non-hydrogen) atoms. The zero-order chi connectivity index (χ0) is 19.8. The fourth-order valence-corrected chi connectivity index (χ4v) is 2.94. The summed E-state index contributed by atoms with van der Waals surface area (Å²) >= 11 is 0. The Labute approximate surface area is 164 Å². The number of hydrogen-bond donors (Lipinski definition) is 1. The van der Waals surface area contributed by atoms with Crippen LogP contribution in [0.2, 0.25) is 0 Å². The van der Waals surface area contributed by atoms with Gasteiger partial charge < -0.3 is 19.5 Å². The van der Waals surface area contributed by atoms with E-state index in [9.17, 15) is 4.39 Å². The molecule has 0 fully saturated rings. The topological polar surface area (TPSA) is 44.3 Å². The largest absolute Gasteiger partial charge is 0.497 e. The van der Waals surface area contributed by atoms with Crippen molar-refractivity contribution in [3.05, 3.63) is 89.2 Å². The number of methoxy groups -OCH3 is 2. The summed E-state index contributed by atoms with van der Waals surface area (Å²) in [5, 5.41) is 2.21. The Kier molecular flexibility index (Phi) is 6.87. The van der Waals surface area contributed by atoms with E-state index >= 15 is 0 Å². The van der Waals surface area contributed by atoms with Gasteiger partial charge >= 0.3 is 0 Å². The van der Waals surface area contributed by atoms with Crippen molar-refractivity contribution >= 4 is 0 Å². The van der Waals surface area contributed by atoms with Crippen LogP contribution < -0.4 is 19.5 Å². The number of halogens is 1. The van der Waals surface area contributed by atoms with Gasteiger partial charge in [0.1, 0.15) is 31.3 Å². The van der Waals surface area contributed by atoms with Gasteiger partial charge in [-0.2, -0.15) is 0 Å². The molecule has 0 bridgehead atoms. The summed E-state index contributed by atoms with van der Waals surface area (Å²) in [4.78, 5) is 0. The van der Waals surface area contributed by atoms with Crippen LogP contribution in [0, 0.1) is 5.82 Å². The smallest absolute Gasteiger partial charge is 0.170 e. The van der Waals surface area contributed by atoms with Crippen molar-refractivity contribution in [2.24, 2.45) is 0 Å². The van der Waals surface area contributed by atoms with Crippen molar-refractivity contribution in [3.63, 3.8) is 0 Å². The normalized spacial score (nSPS) is 10.5. The van der Waals surface area contributed by atoms with Gasteiger partial charge in [-0.05, 0) is 54.1 Å². The lowest BCUT2D eigenvalue weighted by Crippen LogP contribution is -2.80. The number of nitrogens with two attached hydrogens (primary N) is 1. The lowest BCUT2D eigenvalue weighted by molar-refractivity contribution is -0.686. The van der Waals surface area contributed by atoms with Gasteiger partial charge in [-0.15, -0.1) is 0 Å². The zero-order valence-corrected chi connectivity index (χ0v) is 16.2. The highest BCUT2D eigenvalue weighted by atomic mass is 19.1. The first-order chi connectivity index (χ1) is 13.7. The van der Waals surface area contributed by atoms with Crippen molar-refractivity contribution in [2.75, 3.05) is 14.2 Å². The molecule has 3 aromatic carbocycles. The minimum absolute atomic E-state index is 0.255. The molecule has 146 valence electrons. The van der Waals surface area contributed by atoms with Crippen LogP contribution in [0.5, 0.6) is 17.2 Å². The van der Waals surface area contributed by atoms with Crippen LogP contribution in [0.25, 0.3) is 0 Å². The predicted molar refractivity (Wildman–Crippen MR) is 106 cm³/mol. The molecule has 0 aromatic heterocycles. The van der Waals surface area contributed by atoms with Gasteiger partial charge in [0.15, 0.2) is 11.5 Å². The van der Waals surface area contributed by atoms with Gasteiger partial charge in [0.05, 0.1) is 19.8 Å². The number of hydrogen-bond acceptors (Lipinski definition) is 3. The van der Waals surface area contributed by atoms with Crippen molar-refractivity contribution in [3.8, 4) is 17.2 Å². The third-order valence-corrected chi connectivity index (χ3v) is 4.48. The second kappa shape index (κ2) is 9.76. The van der Waals surface area contributed by atoms with Crippen LogP contribution in [0.1, 0.15) is 16.7 Å². The summed E-state index contributed by atoms with van der Waals surface area (Å²) < 4.78 is 29.8. The summed E-state index contributed by atoms with van der Waals surface area (Å²) in [6.07, 6.45) is 0. The SMILES string of the molecule is COc1ccc(C[NH2+]Cc2cccc(OC)c2OCc2ccc(F)cc2)cc1. The van der Waals surface area contributed by atoms with Crippen LogP contribution >= 0.6 is 0 Å². The van der Waals surface area contributed by atoms with Gasteiger partial charge in [0.25, 0.3) is 0 Å². The molecular formula is C23H25FNO3+. The predicted octanol–water partition coefficient (Wildman–Crippen LogP) is 3.69. The highest BCUT2D eigenvalue weighted by Gasteiger charge is 2.12. The average molecular weight is 382 g/mol. The molecule has 3 rings (SSSR count). The molecule has 2 N–H and O–H groups in total. The molecule has 5 heteroatoms. The van der Waals surface area contributed by atoms with Gasteiger partial charge in [0, 0.05) is 5.56 Å². The van der Waals surface area contributed by atoms with Crippen molar-refractivity contribution in [1.82, 2.24) is 0 Å². The summed E-state index contributed by atoms with van der Waals surface area (Å²) in [6.45, 7) is 1.95. The first-order valence-corrected chi connectivity index (χ1v) is 9.17. The quantitative estimate of drug-likeness (QED) is 0.614. The number of quaternary nitrogens is 1. The molecule has 4 nitrogen and oxygen atoms in total. The van der Waals surface area contributed by atoms with Crippen molar-refractivity contribution in [1.29, 1.82) is 0 Å². The van der Waals surface area contributed by atoms with E-state index in [1.54, 1.807) is 26.4 Å². The Balaban J connectivity index is 1.65. The van der Waals surface area contributed by atoms with E-state index in [0.29, 0.717) is 12.4 Å². The molecule has 0 heterocycles. The van der Waals surface area contributed by atoms with Gasteiger partial charge in [-0.1, -0.05) is 18.2 Å². The van der Waals surface area contributed by atoms with Crippen molar-refractivity contribution < 1.29 is 23.9 Å². The lowest BCUT2D eigenvalue weighted by atomic mass is 10.1. The first kappa shape index (κ1) is 19.7. The highest BCUT2D eigenvalue weighted by Crippen LogP contribution is 2.31. The number of benzene rings is 3. The molecule has 0 saturated carbocycles. The Bertz CT molecular complexity index is 879. The average Bonchev–Trinajstić information content (AvgIpc) is 2.74. The molecule has 0 atom stereocenters. The van der Waals surface area contributed by atoms with E-state index in [0.717, 1.165) is 35.7 Å². The van der Waals surface area contributed by atoms with E-state index in [1.165, 1.54) is 17.7 Å². The number of rotatable bonds is 9. The molecule has 3 aromatic rings. The molecular weight excluding hydrogens is 357 g/mol. The molecule has 0 amide bonds. The Morgan fingerprint density at radius 1 is 0.786 bits per heavy atom. The molecule has 0 unspecified atom stereocenters. The van der Waals surface area contributed by atoms with Crippen LogP contribution in [0.15, 0.2) is 66.7 Å². The molecule has 0 aliphatic carbocycles. The van der Waals surface area contributed by atoms with Gasteiger partial charge in [0.2, 0.25) is 0 Å². The third-order valence-electron chi connectivity index (χ3n) is 4.48. The van der Waals surface area contributed by atoms with Gasteiger partial charge in [-0.3, -0.25) is 0 Å². The monoisotopic (exact) mass is 382 g/mol. The second-order valence-electron chi connectivity index (χ2n) is 6.41. The number of ether oxygens (including phenoxy) is 3. The molecule has 0 spiro atoms. The van der Waals surface area contributed by atoms with E-state index in [2.05, 4.69) is 17.4 Å². The third kappa shape index (κ3) is 5.24. The minimum atomic E-state index is -0.255. The Morgan fingerprint density at radius 2 is 1.50 bits per heavy atom. The van der Waals surface area contributed by atoms with Gasteiger partial charge in [-0.25, -0.2) is 4.39 Å². The maximum Gasteiger partial charge on any atom is 0.170 e. The Morgan fingerprint density at radius 3 is 2.18 bits per heavy atom. The summed E-state index contributed by atoms with van der Waals surface area (Å²) in [7, 11) is 3.29.